The predicted molar refractivity (Wildman–Crippen MR) is 92.2 cm³/mol. The lowest BCUT2D eigenvalue weighted by molar-refractivity contribution is -0.134. The fraction of sp³-hybridized carbons (Fsp3) is 0.176. The van der Waals surface area contributed by atoms with E-state index < -0.39 is 11.8 Å². The van der Waals surface area contributed by atoms with E-state index in [-0.39, 0.29) is 6.04 Å². The molecule has 0 spiro atoms. The third kappa shape index (κ3) is 3.19. The van der Waals surface area contributed by atoms with Gasteiger partial charge in [-0.05, 0) is 43.2 Å². The molecule has 1 N–H and O–H groups in total. The zero-order valence-electron chi connectivity index (χ0n) is 12.3. The first kappa shape index (κ1) is 15.8. The highest BCUT2D eigenvalue weighted by molar-refractivity contribution is 6.45. The number of anilines is 2. The molecule has 1 aliphatic heterocycles. The van der Waals surface area contributed by atoms with Gasteiger partial charge >= 0.3 is 11.8 Å². The molecule has 2 aromatic carbocycles. The van der Waals surface area contributed by atoms with Gasteiger partial charge in [0.1, 0.15) is 0 Å². The van der Waals surface area contributed by atoms with Crippen molar-refractivity contribution >= 4 is 46.4 Å². The van der Waals surface area contributed by atoms with E-state index in [0.29, 0.717) is 15.7 Å². The molecule has 1 atom stereocenters. The Morgan fingerprint density at radius 2 is 1.78 bits per heavy atom. The molecule has 0 fully saturated rings. The molecule has 0 saturated carbocycles. The van der Waals surface area contributed by atoms with E-state index >= 15 is 0 Å². The van der Waals surface area contributed by atoms with E-state index in [1.165, 1.54) is 4.90 Å². The molecule has 2 amide bonds. The number of hydrogen-bond donors (Lipinski definition) is 1. The van der Waals surface area contributed by atoms with Crippen LogP contribution < -0.4 is 10.2 Å². The highest BCUT2D eigenvalue weighted by Crippen LogP contribution is 2.32. The Hall–Kier alpha value is -2.04. The largest absolute Gasteiger partial charge is 0.318 e. The summed E-state index contributed by atoms with van der Waals surface area (Å²) in [7, 11) is 0. The Labute approximate surface area is 144 Å². The summed E-state index contributed by atoms with van der Waals surface area (Å²) >= 11 is 11.8. The van der Waals surface area contributed by atoms with Crippen molar-refractivity contribution in [2.45, 2.75) is 19.4 Å². The number of hydrogen-bond acceptors (Lipinski definition) is 2. The van der Waals surface area contributed by atoms with Crippen LogP contribution in [0.2, 0.25) is 10.0 Å². The van der Waals surface area contributed by atoms with Crippen LogP contribution in [-0.2, 0) is 16.0 Å². The number of para-hydroxylation sites is 1. The molecule has 0 aliphatic carbocycles. The molecule has 0 aromatic heterocycles. The molecular formula is C17H14Cl2N2O2. The summed E-state index contributed by atoms with van der Waals surface area (Å²) in [6.07, 6.45) is 0.734. The molecule has 23 heavy (non-hydrogen) atoms. The minimum Gasteiger partial charge on any atom is -0.318 e. The van der Waals surface area contributed by atoms with Gasteiger partial charge in [-0.2, -0.15) is 0 Å². The highest BCUT2D eigenvalue weighted by Gasteiger charge is 2.34. The second kappa shape index (κ2) is 6.22. The van der Waals surface area contributed by atoms with Gasteiger partial charge in [-0.15, -0.1) is 0 Å². The molecule has 0 radical (unpaired) electrons. The summed E-state index contributed by atoms with van der Waals surface area (Å²) in [6, 6.07) is 12.2. The fourth-order valence-corrected chi connectivity index (χ4v) is 3.32. The van der Waals surface area contributed by atoms with Gasteiger partial charge in [0.25, 0.3) is 0 Å². The van der Waals surface area contributed by atoms with Crippen LogP contribution in [0.1, 0.15) is 12.5 Å². The number of amides is 2. The van der Waals surface area contributed by atoms with E-state index in [2.05, 4.69) is 5.32 Å². The lowest BCUT2D eigenvalue weighted by atomic mass is 10.1. The Morgan fingerprint density at radius 3 is 2.48 bits per heavy atom. The first-order valence-corrected chi connectivity index (χ1v) is 7.90. The van der Waals surface area contributed by atoms with Gasteiger partial charge in [0, 0.05) is 27.5 Å². The number of nitrogens with zero attached hydrogens (tertiary/aromatic N) is 1. The molecule has 0 saturated heterocycles. The number of rotatable bonds is 1. The standard InChI is InChI=1S/C17H14Cl2N2O2/c1-10-6-11-4-2-3-5-15(11)21(10)17(23)16(22)20-14-8-12(18)7-13(19)9-14/h2-5,7-10H,6H2,1H3,(H,20,22). The molecule has 1 aliphatic rings. The molecular weight excluding hydrogens is 335 g/mol. The highest BCUT2D eigenvalue weighted by atomic mass is 35.5. The molecule has 2 aromatic rings. The van der Waals surface area contributed by atoms with Crippen LogP contribution in [-0.4, -0.2) is 17.9 Å². The summed E-state index contributed by atoms with van der Waals surface area (Å²) in [5, 5.41) is 3.33. The van der Waals surface area contributed by atoms with Gasteiger partial charge in [0.05, 0.1) is 0 Å². The van der Waals surface area contributed by atoms with Crippen molar-refractivity contribution in [3.63, 3.8) is 0 Å². The average Bonchev–Trinajstić information content (AvgIpc) is 2.81. The molecule has 6 heteroatoms. The molecule has 118 valence electrons. The van der Waals surface area contributed by atoms with Crippen LogP contribution in [0.15, 0.2) is 42.5 Å². The van der Waals surface area contributed by atoms with Crippen molar-refractivity contribution in [2.75, 3.05) is 10.2 Å². The number of carbonyl (C=O) groups excluding carboxylic acids is 2. The molecule has 4 nitrogen and oxygen atoms in total. The zero-order chi connectivity index (χ0) is 16.6. The van der Waals surface area contributed by atoms with Crippen molar-refractivity contribution in [1.29, 1.82) is 0 Å². The number of halogens is 2. The van der Waals surface area contributed by atoms with Gasteiger partial charge in [-0.3, -0.25) is 9.59 Å². The lowest BCUT2D eigenvalue weighted by Gasteiger charge is -2.22. The van der Waals surface area contributed by atoms with Crippen LogP contribution in [0, 0.1) is 0 Å². The van der Waals surface area contributed by atoms with Gasteiger partial charge in [-0.1, -0.05) is 41.4 Å². The molecule has 0 bridgehead atoms. The maximum Gasteiger partial charge on any atom is 0.316 e. The van der Waals surface area contributed by atoms with Crippen LogP contribution >= 0.6 is 23.2 Å². The van der Waals surface area contributed by atoms with Gasteiger partial charge in [0.2, 0.25) is 0 Å². The fourth-order valence-electron chi connectivity index (χ4n) is 2.79. The number of nitrogens with one attached hydrogen (secondary N) is 1. The van der Waals surface area contributed by atoms with E-state index in [9.17, 15) is 9.59 Å². The summed E-state index contributed by atoms with van der Waals surface area (Å²) in [4.78, 5) is 26.4. The van der Waals surface area contributed by atoms with Crippen molar-refractivity contribution in [1.82, 2.24) is 0 Å². The smallest absolute Gasteiger partial charge is 0.316 e. The van der Waals surface area contributed by atoms with Crippen molar-refractivity contribution < 1.29 is 9.59 Å². The second-order valence-corrected chi connectivity index (χ2v) is 6.34. The molecule has 1 unspecified atom stereocenters. The van der Waals surface area contributed by atoms with Gasteiger partial charge in [0.15, 0.2) is 0 Å². The maximum atomic E-state index is 12.5. The normalized spacial score (nSPS) is 16.1. The topological polar surface area (TPSA) is 49.4 Å². The third-order valence-corrected chi connectivity index (χ3v) is 4.18. The summed E-state index contributed by atoms with van der Waals surface area (Å²) in [5.41, 5.74) is 2.23. The predicted octanol–water partition coefficient (Wildman–Crippen LogP) is 3.91. The van der Waals surface area contributed by atoms with Crippen LogP contribution in [0.25, 0.3) is 0 Å². The van der Waals surface area contributed by atoms with E-state index in [4.69, 9.17) is 23.2 Å². The third-order valence-electron chi connectivity index (χ3n) is 3.74. The van der Waals surface area contributed by atoms with Crippen LogP contribution in [0.4, 0.5) is 11.4 Å². The Kier molecular flexibility index (Phi) is 4.28. The first-order chi connectivity index (χ1) is 11.0. The average molecular weight is 349 g/mol. The second-order valence-electron chi connectivity index (χ2n) is 5.47. The van der Waals surface area contributed by atoms with E-state index in [1.807, 2.05) is 31.2 Å². The maximum absolute atomic E-state index is 12.5. The quantitative estimate of drug-likeness (QED) is 0.794. The minimum atomic E-state index is -0.716. The van der Waals surface area contributed by atoms with Gasteiger partial charge < -0.3 is 10.2 Å². The van der Waals surface area contributed by atoms with E-state index in [1.54, 1.807) is 18.2 Å². The zero-order valence-corrected chi connectivity index (χ0v) is 13.9. The number of benzene rings is 2. The van der Waals surface area contributed by atoms with Crippen LogP contribution in [0.5, 0.6) is 0 Å². The van der Waals surface area contributed by atoms with Crippen molar-refractivity contribution in [2.24, 2.45) is 0 Å². The van der Waals surface area contributed by atoms with Crippen LogP contribution in [0.3, 0.4) is 0 Å². The Bertz CT molecular complexity index is 772. The van der Waals surface area contributed by atoms with Crippen molar-refractivity contribution in [3.05, 3.63) is 58.1 Å². The minimum absolute atomic E-state index is 0.0615. The Morgan fingerprint density at radius 1 is 1.13 bits per heavy atom. The first-order valence-electron chi connectivity index (χ1n) is 7.14. The molecule has 1 heterocycles. The summed E-state index contributed by atoms with van der Waals surface area (Å²) in [6.45, 7) is 1.92. The summed E-state index contributed by atoms with van der Waals surface area (Å²) in [5.74, 6) is -1.31. The number of carbonyl (C=O) groups is 2. The molecule has 3 rings (SSSR count). The lowest BCUT2D eigenvalue weighted by Crippen LogP contribution is -2.43. The van der Waals surface area contributed by atoms with Crippen molar-refractivity contribution in [3.8, 4) is 0 Å². The van der Waals surface area contributed by atoms with E-state index in [0.717, 1.165) is 17.7 Å². The summed E-state index contributed by atoms with van der Waals surface area (Å²) < 4.78 is 0. The number of fused-ring (bicyclic) bond motifs is 1. The van der Waals surface area contributed by atoms with Gasteiger partial charge in [-0.25, -0.2) is 0 Å². The Balaban J connectivity index is 1.81. The SMILES string of the molecule is CC1Cc2ccccc2N1C(=O)C(=O)Nc1cc(Cl)cc(Cl)c1. The monoisotopic (exact) mass is 348 g/mol.